The molecule has 4 rings (SSSR count). The number of methoxy groups -OCH3 is 1. The van der Waals surface area contributed by atoms with Crippen LogP contribution >= 0.6 is 23.2 Å². The zero-order valence-electron chi connectivity index (χ0n) is 23.6. The highest BCUT2D eigenvalue weighted by Crippen LogP contribution is 2.33. The fourth-order valence-electron chi connectivity index (χ4n) is 5.07. The molecule has 1 aliphatic carbocycles. The van der Waals surface area contributed by atoms with Gasteiger partial charge in [0.15, 0.2) is 0 Å². The molecule has 0 saturated heterocycles. The quantitative estimate of drug-likeness (QED) is 0.277. The maximum Gasteiger partial charge on any atom is 0.264 e. The van der Waals surface area contributed by atoms with Crippen LogP contribution < -0.4 is 14.4 Å². The largest absolute Gasteiger partial charge is 0.495 e. The van der Waals surface area contributed by atoms with Gasteiger partial charge in [-0.3, -0.25) is 13.9 Å². The van der Waals surface area contributed by atoms with E-state index in [1.165, 1.54) is 24.1 Å². The molecule has 0 spiro atoms. The molecule has 0 aromatic heterocycles. The van der Waals surface area contributed by atoms with Crippen LogP contribution in [-0.4, -0.2) is 50.9 Å². The Labute approximate surface area is 257 Å². The van der Waals surface area contributed by atoms with Crippen LogP contribution in [0.15, 0.2) is 77.7 Å². The van der Waals surface area contributed by atoms with Crippen molar-refractivity contribution in [3.05, 3.63) is 88.4 Å². The molecule has 1 aliphatic rings. The number of para-hydroxylation sites is 2. The minimum Gasteiger partial charge on any atom is -0.495 e. The monoisotopic (exact) mass is 631 g/mol. The Morgan fingerprint density at radius 1 is 0.929 bits per heavy atom. The van der Waals surface area contributed by atoms with Gasteiger partial charge in [0, 0.05) is 28.2 Å². The summed E-state index contributed by atoms with van der Waals surface area (Å²) in [5, 5.41) is 3.74. The van der Waals surface area contributed by atoms with Crippen molar-refractivity contribution in [1.29, 1.82) is 0 Å². The van der Waals surface area contributed by atoms with E-state index in [1.807, 2.05) is 0 Å². The molecule has 1 unspecified atom stereocenters. The predicted molar refractivity (Wildman–Crippen MR) is 165 cm³/mol. The summed E-state index contributed by atoms with van der Waals surface area (Å²) in [5.41, 5.74) is 0.647. The van der Waals surface area contributed by atoms with Crippen LogP contribution in [0.25, 0.3) is 0 Å². The molecular weight excluding hydrogens is 597 g/mol. The SMILES string of the molecule is COc1ccccc1N(CC(=O)N(Cc1c(Cl)cccc1Cl)C(C)C(=O)NC1CCCCC1)S(=O)(=O)c1ccccc1. The summed E-state index contributed by atoms with van der Waals surface area (Å²) >= 11 is 12.9. The second-order valence-corrected chi connectivity index (χ2v) is 12.9. The number of nitrogens with zero attached hydrogens (tertiary/aromatic N) is 2. The van der Waals surface area contributed by atoms with Gasteiger partial charge in [-0.25, -0.2) is 8.42 Å². The number of hydrogen-bond donors (Lipinski definition) is 1. The van der Waals surface area contributed by atoms with E-state index in [9.17, 15) is 18.0 Å². The highest BCUT2D eigenvalue weighted by atomic mass is 35.5. The summed E-state index contributed by atoms with van der Waals surface area (Å²) in [6, 6.07) is 18.5. The number of carbonyl (C=O) groups excluding carboxylic acids is 2. The lowest BCUT2D eigenvalue weighted by atomic mass is 9.95. The fraction of sp³-hybridized carbons (Fsp3) is 0.355. The molecule has 0 radical (unpaired) electrons. The van der Waals surface area contributed by atoms with Crippen molar-refractivity contribution in [3.8, 4) is 5.75 Å². The minimum absolute atomic E-state index is 0.00694. The number of benzene rings is 3. The predicted octanol–water partition coefficient (Wildman–Crippen LogP) is 6.06. The highest BCUT2D eigenvalue weighted by molar-refractivity contribution is 7.92. The standard InChI is InChI=1S/C31H35Cl2N3O5S/c1-22(31(38)34-23-12-5-3-6-13-23)35(20-25-26(32)16-11-17-27(25)33)30(37)21-36(28-18-9-10-19-29(28)41-2)42(39,40)24-14-7-4-8-15-24/h4,7-11,14-19,22-23H,3,5-6,12-13,20-21H2,1-2H3,(H,34,38). The average molecular weight is 633 g/mol. The van der Waals surface area contributed by atoms with E-state index >= 15 is 0 Å². The first-order valence-corrected chi connectivity index (χ1v) is 16.1. The number of nitrogens with one attached hydrogen (secondary N) is 1. The first-order chi connectivity index (χ1) is 20.1. The number of amides is 2. The Kier molecular flexibility index (Phi) is 10.8. The molecule has 0 aliphatic heterocycles. The zero-order valence-corrected chi connectivity index (χ0v) is 26.0. The molecule has 1 N–H and O–H groups in total. The van der Waals surface area contributed by atoms with Crippen molar-refractivity contribution in [2.24, 2.45) is 0 Å². The van der Waals surface area contributed by atoms with Gasteiger partial charge in [0.2, 0.25) is 11.8 Å². The van der Waals surface area contributed by atoms with Crippen molar-refractivity contribution >= 4 is 50.7 Å². The smallest absolute Gasteiger partial charge is 0.264 e. The van der Waals surface area contributed by atoms with Crippen LogP contribution in [0, 0.1) is 0 Å². The summed E-state index contributed by atoms with van der Waals surface area (Å²) in [6.07, 6.45) is 4.94. The lowest BCUT2D eigenvalue weighted by Crippen LogP contribution is -2.53. The number of hydrogen-bond acceptors (Lipinski definition) is 5. The number of anilines is 1. The first kappa shape index (κ1) is 31.7. The summed E-state index contributed by atoms with van der Waals surface area (Å²) in [5.74, 6) is -0.663. The van der Waals surface area contributed by atoms with Crippen molar-refractivity contribution < 1.29 is 22.7 Å². The maximum absolute atomic E-state index is 14.2. The van der Waals surface area contributed by atoms with Crippen LogP contribution in [0.4, 0.5) is 5.69 Å². The lowest BCUT2D eigenvalue weighted by molar-refractivity contribution is -0.139. The van der Waals surface area contributed by atoms with Gasteiger partial charge < -0.3 is 15.0 Å². The van der Waals surface area contributed by atoms with E-state index in [-0.39, 0.29) is 34.8 Å². The van der Waals surface area contributed by atoms with Gasteiger partial charge in [0.1, 0.15) is 18.3 Å². The molecule has 1 fully saturated rings. The van der Waals surface area contributed by atoms with Gasteiger partial charge in [-0.15, -0.1) is 0 Å². The summed E-state index contributed by atoms with van der Waals surface area (Å²) in [4.78, 5) is 29.0. The number of carbonyl (C=O) groups is 2. The lowest BCUT2D eigenvalue weighted by Gasteiger charge is -2.33. The zero-order chi connectivity index (χ0) is 30.3. The van der Waals surface area contributed by atoms with Crippen LogP contribution in [0.1, 0.15) is 44.6 Å². The van der Waals surface area contributed by atoms with E-state index in [4.69, 9.17) is 27.9 Å². The second kappa shape index (κ2) is 14.3. The van der Waals surface area contributed by atoms with Crippen LogP contribution in [-0.2, 0) is 26.2 Å². The molecule has 11 heteroatoms. The number of ether oxygens (including phenoxy) is 1. The van der Waals surface area contributed by atoms with Crippen molar-refractivity contribution in [3.63, 3.8) is 0 Å². The molecule has 0 heterocycles. The molecule has 3 aromatic rings. The number of sulfonamides is 1. The molecule has 8 nitrogen and oxygen atoms in total. The van der Waals surface area contributed by atoms with E-state index in [2.05, 4.69) is 5.32 Å². The minimum atomic E-state index is -4.22. The number of rotatable bonds is 11. The van der Waals surface area contributed by atoms with Gasteiger partial charge in [0.05, 0.1) is 17.7 Å². The maximum atomic E-state index is 14.2. The molecule has 1 saturated carbocycles. The third-order valence-electron chi connectivity index (χ3n) is 7.47. The van der Waals surface area contributed by atoms with E-state index in [1.54, 1.807) is 67.6 Å². The highest BCUT2D eigenvalue weighted by Gasteiger charge is 2.34. The Balaban J connectivity index is 1.73. The van der Waals surface area contributed by atoms with Crippen LogP contribution in [0.5, 0.6) is 5.75 Å². The molecule has 2 amide bonds. The topological polar surface area (TPSA) is 96.0 Å². The van der Waals surface area contributed by atoms with Gasteiger partial charge in [-0.05, 0) is 56.2 Å². The summed E-state index contributed by atoms with van der Waals surface area (Å²) < 4.78 is 34.4. The molecule has 224 valence electrons. The molecule has 42 heavy (non-hydrogen) atoms. The Hall–Kier alpha value is -3.27. The Bertz CT molecular complexity index is 1480. The summed E-state index contributed by atoms with van der Waals surface area (Å²) in [7, 11) is -2.79. The Morgan fingerprint density at radius 3 is 2.19 bits per heavy atom. The number of halogens is 2. The third kappa shape index (κ3) is 7.38. The van der Waals surface area contributed by atoms with Crippen LogP contribution in [0.3, 0.4) is 0 Å². The Morgan fingerprint density at radius 2 is 1.55 bits per heavy atom. The van der Waals surface area contributed by atoms with Gasteiger partial charge in [-0.2, -0.15) is 0 Å². The molecule has 0 bridgehead atoms. The van der Waals surface area contributed by atoms with Crippen molar-refractivity contribution in [2.45, 2.75) is 62.6 Å². The second-order valence-electron chi connectivity index (χ2n) is 10.2. The fourth-order valence-corrected chi connectivity index (χ4v) is 7.04. The van der Waals surface area contributed by atoms with Crippen molar-refractivity contribution in [1.82, 2.24) is 10.2 Å². The molecular formula is C31H35Cl2N3O5S. The average Bonchev–Trinajstić information content (AvgIpc) is 3.00. The van der Waals surface area contributed by atoms with Gasteiger partial charge in [-0.1, -0.05) is 78.9 Å². The van der Waals surface area contributed by atoms with E-state index < -0.39 is 28.5 Å². The van der Waals surface area contributed by atoms with Gasteiger partial charge >= 0.3 is 0 Å². The summed E-state index contributed by atoms with van der Waals surface area (Å²) in [6.45, 7) is 0.933. The molecule has 1 atom stereocenters. The molecule has 3 aromatic carbocycles. The van der Waals surface area contributed by atoms with Crippen LogP contribution in [0.2, 0.25) is 10.0 Å². The van der Waals surface area contributed by atoms with Crippen molar-refractivity contribution in [2.75, 3.05) is 18.0 Å². The van der Waals surface area contributed by atoms with E-state index in [0.717, 1.165) is 36.4 Å². The van der Waals surface area contributed by atoms with E-state index in [0.29, 0.717) is 15.6 Å². The normalized spacial score (nSPS) is 14.6. The van der Waals surface area contributed by atoms with Gasteiger partial charge in [0.25, 0.3) is 10.0 Å². The first-order valence-electron chi connectivity index (χ1n) is 13.9. The third-order valence-corrected chi connectivity index (χ3v) is 9.96.